The number of hydrogen-bond donors (Lipinski definition) is 2. The molecule has 2 N–H and O–H groups in total. The summed E-state index contributed by atoms with van der Waals surface area (Å²) in [4.78, 5) is 23.6. The Bertz CT molecular complexity index is 659. The summed E-state index contributed by atoms with van der Waals surface area (Å²) in [7, 11) is 0. The number of carbonyl (C=O) groups is 2. The van der Waals surface area contributed by atoms with Crippen molar-refractivity contribution in [2.75, 3.05) is 0 Å². The van der Waals surface area contributed by atoms with E-state index in [4.69, 9.17) is 0 Å². The summed E-state index contributed by atoms with van der Waals surface area (Å²) < 4.78 is 0. The molecule has 1 unspecified atom stereocenters. The van der Waals surface area contributed by atoms with Crippen molar-refractivity contribution in [3.05, 3.63) is 47.5 Å². The van der Waals surface area contributed by atoms with Crippen LogP contribution in [0.3, 0.4) is 0 Å². The van der Waals surface area contributed by atoms with Crippen LogP contribution in [0.1, 0.15) is 41.0 Å². The lowest BCUT2D eigenvalue weighted by Gasteiger charge is -2.13. The monoisotopic (exact) mass is 271 g/mol. The lowest BCUT2D eigenvalue weighted by Crippen LogP contribution is -2.32. The first-order valence-electron chi connectivity index (χ1n) is 6.60. The van der Waals surface area contributed by atoms with Crippen LogP contribution in [-0.2, 0) is 0 Å². The van der Waals surface area contributed by atoms with Gasteiger partial charge in [-0.3, -0.25) is 4.79 Å². The lowest BCUT2D eigenvalue weighted by atomic mass is 9.98. The molecule has 4 heteroatoms. The number of carboxylic acid groups (broad SMARTS) is 1. The molecular formula is C16H17NO3. The van der Waals surface area contributed by atoms with Crippen molar-refractivity contribution in [2.24, 2.45) is 0 Å². The number of amides is 1. The van der Waals surface area contributed by atoms with E-state index in [1.54, 1.807) is 18.2 Å². The number of nitrogens with one attached hydrogen (secondary N) is 1. The third kappa shape index (κ3) is 2.64. The molecule has 0 aliphatic rings. The van der Waals surface area contributed by atoms with Crippen molar-refractivity contribution in [3.8, 4) is 0 Å². The highest BCUT2D eigenvalue weighted by Crippen LogP contribution is 2.23. The van der Waals surface area contributed by atoms with E-state index in [2.05, 4.69) is 5.32 Å². The maximum absolute atomic E-state index is 12.3. The van der Waals surface area contributed by atoms with Crippen molar-refractivity contribution in [1.29, 1.82) is 0 Å². The fraction of sp³-hybridized carbons (Fsp3) is 0.250. The summed E-state index contributed by atoms with van der Waals surface area (Å²) in [6.45, 7) is 3.90. The van der Waals surface area contributed by atoms with Gasteiger partial charge in [-0.15, -0.1) is 0 Å². The van der Waals surface area contributed by atoms with Gasteiger partial charge in [0.2, 0.25) is 0 Å². The van der Waals surface area contributed by atoms with Gasteiger partial charge in [-0.2, -0.15) is 0 Å². The second kappa shape index (κ2) is 5.74. The van der Waals surface area contributed by atoms with Gasteiger partial charge in [-0.25, -0.2) is 4.79 Å². The third-order valence-corrected chi connectivity index (χ3v) is 3.37. The van der Waals surface area contributed by atoms with Gasteiger partial charge in [0.15, 0.2) is 0 Å². The Balaban J connectivity index is 2.58. The maximum atomic E-state index is 12.3. The maximum Gasteiger partial charge on any atom is 0.336 e. The van der Waals surface area contributed by atoms with E-state index >= 15 is 0 Å². The van der Waals surface area contributed by atoms with Crippen molar-refractivity contribution >= 4 is 22.6 Å². The largest absolute Gasteiger partial charge is 0.478 e. The van der Waals surface area contributed by atoms with E-state index in [1.165, 1.54) is 6.07 Å². The minimum absolute atomic E-state index is 0.0507. The Morgan fingerprint density at radius 1 is 1.15 bits per heavy atom. The van der Waals surface area contributed by atoms with E-state index in [0.29, 0.717) is 10.9 Å². The molecule has 2 aromatic carbocycles. The number of hydrogen-bond acceptors (Lipinski definition) is 2. The average molecular weight is 271 g/mol. The first kappa shape index (κ1) is 14.1. The fourth-order valence-electron chi connectivity index (χ4n) is 2.11. The molecular weight excluding hydrogens is 254 g/mol. The minimum Gasteiger partial charge on any atom is -0.478 e. The van der Waals surface area contributed by atoms with Crippen molar-refractivity contribution < 1.29 is 14.7 Å². The van der Waals surface area contributed by atoms with Gasteiger partial charge < -0.3 is 10.4 Å². The highest BCUT2D eigenvalue weighted by molar-refractivity contribution is 6.14. The SMILES string of the molecule is CCC(C)NC(=O)c1cccc2cccc(C(=O)O)c12. The molecule has 0 radical (unpaired) electrons. The summed E-state index contributed by atoms with van der Waals surface area (Å²) in [5.74, 6) is -1.27. The predicted octanol–water partition coefficient (Wildman–Crippen LogP) is 3.07. The predicted molar refractivity (Wildman–Crippen MR) is 78.1 cm³/mol. The van der Waals surface area contributed by atoms with Crippen LogP contribution in [0.2, 0.25) is 0 Å². The zero-order valence-electron chi connectivity index (χ0n) is 11.5. The fourth-order valence-corrected chi connectivity index (χ4v) is 2.11. The quantitative estimate of drug-likeness (QED) is 0.898. The average Bonchev–Trinajstić information content (AvgIpc) is 2.45. The first-order chi connectivity index (χ1) is 9.54. The molecule has 0 heterocycles. The number of carboxylic acids is 1. The van der Waals surface area contributed by atoms with Crippen LogP contribution < -0.4 is 5.32 Å². The highest BCUT2D eigenvalue weighted by atomic mass is 16.4. The molecule has 4 nitrogen and oxygen atoms in total. The second-order valence-corrected chi connectivity index (χ2v) is 4.80. The Labute approximate surface area is 117 Å². The van der Waals surface area contributed by atoms with E-state index in [1.807, 2.05) is 26.0 Å². The Hall–Kier alpha value is -2.36. The summed E-state index contributed by atoms with van der Waals surface area (Å²) in [5.41, 5.74) is 0.554. The van der Waals surface area contributed by atoms with Gasteiger partial charge in [0.1, 0.15) is 0 Å². The van der Waals surface area contributed by atoms with Crippen LogP contribution in [0.25, 0.3) is 10.8 Å². The van der Waals surface area contributed by atoms with E-state index < -0.39 is 5.97 Å². The van der Waals surface area contributed by atoms with Gasteiger partial charge >= 0.3 is 5.97 Å². The molecule has 0 saturated heterocycles. The van der Waals surface area contributed by atoms with Gasteiger partial charge in [-0.05, 0) is 30.9 Å². The minimum atomic E-state index is -1.03. The summed E-state index contributed by atoms with van der Waals surface area (Å²) >= 11 is 0. The van der Waals surface area contributed by atoms with Gasteiger partial charge in [0.05, 0.1) is 5.56 Å². The first-order valence-corrected chi connectivity index (χ1v) is 6.60. The topological polar surface area (TPSA) is 66.4 Å². The normalized spacial score (nSPS) is 12.1. The number of aromatic carboxylic acids is 1. The second-order valence-electron chi connectivity index (χ2n) is 4.80. The zero-order chi connectivity index (χ0) is 14.7. The number of carbonyl (C=O) groups excluding carboxylic acids is 1. The van der Waals surface area contributed by atoms with Crippen molar-refractivity contribution in [1.82, 2.24) is 5.32 Å². The van der Waals surface area contributed by atoms with Crippen LogP contribution in [0.4, 0.5) is 0 Å². The smallest absolute Gasteiger partial charge is 0.336 e. The lowest BCUT2D eigenvalue weighted by molar-refractivity contribution is 0.0699. The number of benzene rings is 2. The van der Waals surface area contributed by atoms with Crippen LogP contribution in [0.15, 0.2) is 36.4 Å². The highest BCUT2D eigenvalue weighted by Gasteiger charge is 2.17. The van der Waals surface area contributed by atoms with Gasteiger partial charge in [0, 0.05) is 17.0 Å². The molecule has 0 aliphatic heterocycles. The Morgan fingerprint density at radius 3 is 2.30 bits per heavy atom. The Kier molecular flexibility index (Phi) is 4.03. The van der Waals surface area contributed by atoms with E-state index in [0.717, 1.165) is 11.8 Å². The molecule has 0 aromatic heterocycles. The number of rotatable bonds is 4. The molecule has 20 heavy (non-hydrogen) atoms. The molecule has 0 aliphatic carbocycles. The zero-order valence-corrected chi connectivity index (χ0v) is 11.5. The van der Waals surface area contributed by atoms with Gasteiger partial charge in [0.25, 0.3) is 5.91 Å². The summed E-state index contributed by atoms with van der Waals surface area (Å²) in [5, 5.41) is 13.4. The van der Waals surface area contributed by atoms with E-state index in [9.17, 15) is 14.7 Å². The van der Waals surface area contributed by atoms with Crippen LogP contribution in [-0.4, -0.2) is 23.0 Å². The van der Waals surface area contributed by atoms with Gasteiger partial charge in [-0.1, -0.05) is 31.2 Å². The molecule has 104 valence electrons. The number of fused-ring (bicyclic) bond motifs is 1. The summed E-state index contributed by atoms with van der Waals surface area (Å²) in [6, 6.07) is 10.3. The molecule has 1 atom stereocenters. The molecule has 0 saturated carbocycles. The molecule has 2 aromatic rings. The van der Waals surface area contributed by atoms with Crippen LogP contribution in [0, 0.1) is 0 Å². The Morgan fingerprint density at radius 2 is 1.75 bits per heavy atom. The summed E-state index contributed by atoms with van der Waals surface area (Å²) in [6.07, 6.45) is 0.822. The molecule has 1 amide bonds. The molecule has 0 fully saturated rings. The standard InChI is InChI=1S/C16H17NO3/c1-3-10(2)17-15(18)12-8-4-6-11-7-5-9-13(14(11)12)16(19)20/h4-10H,3H2,1-2H3,(H,17,18)(H,19,20). The van der Waals surface area contributed by atoms with Crippen LogP contribution >= 0.6 is 0 Å². The molecule has 0 spiro atoms. The van der Waals surface area contributed by atoms with E-state index in [-0.39, 0.29) is 17.5 Å². The van der Waals surface area contributed by atoms with Crippen molar-refractivity contribution in [2.45, 2.75) is 26.3 Å². The van der Waals surface area contributed by atoms with Crippen LogP contribution in [0.5, 0.6) is 0 Å². The molecule has 0 bridgehead atoms. The third-order valence-electron chi connectivity index (χ3n) is 3.37. The van der Waals surface area contributed by atoms with Crippen molar-refractivity contribution in [3.63, 3.8) is 0 Å². The molecule has 2 rings (SSSR count).